The van der Waals surface area contributed by atoms with Crippen molar-refractivity contribution >= 4 is 9.84 Å². The van der Waals surface area contributed by atoms with Crippen LogP contribution in [0, 0.1) is 0 Å². The molecule has 0 bridgehead atoms. The van der Waals surface area contributed by atoms with Crippen molar-refractivity contribution in [3.8, 4) is 17.2 Å². The van der Waals surface area contributed by atoms with Crippen molar-refractivity contribution in [2.24, 2.45) is 0 Å². The van der Waals surface area contributed by atoms with Crippen LogP contribution in [0.5, 0.6) is 17.2 Å². The molecule has 0 spiro atoms. The quantitative estimate of drug-likeness (QED) is 0.612. The highest BCUT2D eigenvalue weighted by atomic mass is 32.2. The van der Waals surface area contributed by atoms with Gasteiger partial charge in [0.25, 0.3) is 0 Å². The van der Waals surface area contributed by atoms with Crippen LogP contribution < -0.4 is 14.2 Å². The molecular weight excluding hydrogens is 406 g/mol. The van der Waals surface area contributed by atoms with Crippen LogP contribution in [0.15, 0.2) is 48.5 Å². The third-order valence-corrected chi connectivity index (χ3v) is 6.94. The van der Waals surface area contributed by atoms with Gasteiger partial charge >= 0.3 is 0 Å². The zero-order valence-electron chi connectivity index (χ0n) is 17.4. The molecule has 3 rings (SSSR count). The van der Waals surface area contributed by atoms with Gasteiger partial charge in [-0.2, -0.15) is 0 Å². The second kappa shape index (κ2) is 10.1. The van der Waals surface area contributed by atoms with Crippen LogP contribution in [0.4, 0.5) is 0 Å². The Hall–Kier alpha value is -2.29. The summed E-state index contributed by atoms with van der Waals surface area (Å²) in [6.45, 7) is 0.927. The maximum atomic E-state index is 12.0. The van der Waals surface area contributed by atoms with Gasteiger partial charge in [0.15, 0.2) is 21.3 Å². The van der Waals surface area contributed by atoms with Crippen molar-refractivity contribution in [2.45, 2.75) is 25.1 Å². The SMILES string of the molecule is COc1ccc(CN(CC(O)COc2ccccc2)C2CCS(=O)(=O)C2)cc1OC. The van der Waals surface area contributed by atoms with Crippen molar-refractivity contribution < 1.29 is 27.7 Å². The van der Waals surface area contributed by atoms with Crippen LogP contribution in [0.25, 0.3) is 0 Å². The molecule has 2 atom stereocenters. The number of hydrogen-bond donors (Lipinski definition) is 1. The van der Waals surface area contributed by atoms with Crippen LogP contribution in [0.1, 0.15) is 12.0 Å². The normalized spacial score (nSPS) is 18.9. The topological polar surface area (TPSA) is 85.3 Å². The number of aliphatic hydroxyl groups excluding tert-OH is 1. The van der Waals surface area contributed by atoms with E-state index in [0.29, 0.717) is 36.8 Å². The predicted octanol–water partition coefficient (Wildman–Crippen LogP) is 2.13. The van der Waals surface area contributed by atoms with Crippen molar-refractivity contribution in [3.05, 3.63) is 54.1 Å². The molecule has 1 fully saturated rings. The highest BCUT2D eigenvalue weighted by molar-refractivity contribution is 7.91. The van der Waals surface area contributed by atoms with Crippen molar-refractivity contribution in [1.82, 2.24) is 4.90 Å². The Morgan fingerprint density at radius 1 is 1.10 bits per heavy atom. The molecule has 1 aliphatic rings. The summed E-state index contributed by atoms with van der Waals surface area (Å²) in [6.07, 6.45) is -0.198. The van der Waals surface area contributed by atoms with E-state index in [2.05, 4.69) is 0 Å². The van der Waals surface area contributed by atoms with Crippen molar-refractivity contribution in [3.63, 3.8) is 0 Å². The number of benzene rings is 2. The lowest BCUT2D eigenvalue weighted by Gasteiger charge is -2.30. The molecule has 8 heteroatoms. The Bertz CT molecular complexity index is 918. The average Bonchev–Trinajstić information content (AvgIpc) is 3.12. The molecule has 2 unspecified atom stereocenters. The van der Waals surface area contributed by atoms with Crippen molar-refractivity contribution in [1.29, 1.82) is 0 Å². The summed E-state index contributed by atoms with van der Waals surface area (Å²) in [6, 6.07) is 14.8. The Kier molecular flexibility index (Phi) is 7.58. The standard InChI is InChI=1S/C22H29NO6S/c1-27-21-9-8-17(12-22(21)28-2)13-23(18-10-11-30(25,26)16-18)14-19(24)15-29-20-6-4-3-5-7-20/h3-9,12,18-19,24H,10-11,13-16H2,1-2H3. The van der Waals surface area contributed by atoms with E-state index >= 15 is 0 Å². The molecular formula is C22H29NO6S. The van der Waals surface area contributed by atoms with E-state index in [4.69, 9.17) is 14.2 Å². The molecule has 1 N–H and O–H groups in total. The molecule has 1 saturated heterocycles. The van der Waals surface area contributed by atoms with Gasteiger partial charge in [-0.25, -0.2) is 8.42 Å². The zero-order chi connectivity index (χ0) is 21.6. The molecule has 1 aliphatic heterocycles. The van der Waals surface area contributed by atoms with Crippen LogP contribution in [-0.2, 0) is 16.4 Å². The Labute approximate surface area is 178 Å². The Morgan fingerprint density at radius 3 is 2.47 bits per heavy atom. The van der Waals surface area contributed by atoms with Crippen LogP contribution in [-0.4, -0.2) is 69.4 Å². The molecule has 164 valence electrons. The largest absolute Gasteiger partial charge is 0.493 e. The van der Waals surface area contributed by atoms with E-state index in [-0.39, 0.29) is 24.2 Å². The number of methoxy groups -OCH3 is 2. The van der Waals surface area contributed by atoms with Crippen LogP contribution in [0.2, 0.25) is 0 Å². The smallest absolute Gasteiger partial charge is 0.161 e. The lowest BCUT2D eigenvalue weighted by Crippen LogP contribution is -2.42. The summed E-state index contributed by atoms with van der Waals surface area (Å²) in [5.41, 5.74) is 0.952. The fraction of sp³-hybridized carbons (Fsp3) is 0.455. The van der Waals surface area contributed by atoms with Gasteiger partial charge in [-0.1, -0.05) is 24.3 Å². The molecule has 0 saturated carbocycles. The van der Waals surface area contributed by atoms with Gasteiger partial charge in [-0.15, -0.1) is 0 Å². The first kappa shape index (κ1) is 22.4. The number of sulfone groups is 1. The van der Waals surface area contributed by atoms with Gasteiger partial charge in [0, 0.05) is 19.1 Å². The molecule has 0 aromatic heterocycles. The summed E-state index contributed by atoms with van der Waals surface area (Å²) in [4.78, 5) is 2.02. The minimum Gasteiger partial charge on any atom is -0.493 e. The summed E-state index contributed by atoms with van der Waals surface area (Å²) >= 11 is 0. The van der Waals surface area contributed by atoms with E-state index in [1.807, 2.05) is 53.4 Å². The first-order valence-electron chi connectivity index (χ1n) is 9.91. The van der Waals surface area contributed by atoms with Crippen LogP contribution >= 0.6 is 0 Å². The van der Waals surface area contributed by atoms with Crippen LogP contribution in [0.3, 0.4) is 0 Å². The van der Waals surface area contributed by atoms with Gasteiger partial charge < -0.3 is 19.3 Å². The average molecular weight is 436 g/mol. The fourth-order valence-corrected chi connectivity index (χ4v) is 5.41. The summed E-state index contributed by atoms with van der Waals surface area (Å²) < 4.78 is 40.4. The first-order chi connectivity index (χ1) is 14.4. The second-order valence-corrected chi connectivity index (χ2v) is 9.68. The molecule has 0 amide bonds. The van der Waals surface area contributed by atoms with Crippen molar-refractivity contribution in [2.75, 3.05) is 38.9 Å². The maximum absolute atomic E-state index is 12.0. The predicted molar refractivity (Wildman–Crippen MR) is 115 cm³/mol. The van der Waals surface area contributed by atoms with Gasteiger partial charge in [-0.3, -0.25) is 4.90 Å². The van der Waals surface area contributed by atoms with E-state index in [1.54, 1.807) is 14.2 Å². The maximum Gasteiger partial charge on any atom is 0.161 e. The lowest BCUT2D eigenvalue weighted by atomic mass is 10.1. The Balaban J connectivity index is 1.70. The number of aliphatic hydroxyl groups is 1. The first-order valence-corrected chi connectivity index (χ1v) is 11.7. The molecule has 0 aliphatic carbocycles. The minimum absolute atomic E-state index is 0.104. The third kappa shape index (κ3) is 6.10. The lowest BCUT2D eigenvalue weighted by molar-refractivity contribution is 0.0524. The number of ether oxygens (including phenoxy) is 3. The van der Waals surface area contributed by atoms with E-state index < -0.39 is 15.9 Å². The number of rotatable bonds is 10. The Morgan fingerprint density at radius 2 is 1.83 bits per heavy atom. The summed E-state index contributed by atoms with van der Waals surface area (Å²) in [5, 5.41) is 10.6. The molecule has 7 nitrogen and oxygen atoms in total. The molecule has 1 heterocycles. The fourth-order valence-electron chi connectivity index (χ4n) is 3.65. The van der Waals surface area contributed by atoms with Gasteiger partial charge in [0.2, 0.25) is 0 Å². The third-order valence-electron chi connectivity index (χ3n) is 5.19. The molecule has 2 aromatic carbocycles. The number of para-hydroxylation sites is 1. The molecule has 2 aromatic rings. The van der Waals surface area contributed by atoms with E-state index in [1.165, 1.54) is 0 Å². The molecule has 30 heavy (non-hydrogen) atoms. The number of nitrogens with zero attached hydrogens (tertiary/aromatic N) is 1. The highest BCUT2D eigenvalue weighted by Crippen LogP contribution is 2.29. The second-order valence-electron chi connectivity index (χ2n) is 7.45. The zero-order valence-corrected chi connectivity index (χ0v) is 18.2. The van der Waals surface area contributed by atoms with E-state index in [9.17, 15) is 13.5 Å². The van der Waals surface area contributed by atoms with Gasteiger partial charge in [0.05, 0.1) is 25.7 Å². The number of hydrogen-bond acceptors (Lipinski definition) is 7. The highest BCUT2D eigenvalue weighted by Gasteiger charge is 2.33. The van der Waals surface area contributed by atoms with Gasteiger partial charge in [-0.05, 0) is 36.2 Å². The summed E-state index contributed by atoms with van der Waals surface area (Å²) in [5.74, 6) is 2.21. The van der Waals surface area contributed by atoms with E-state index in [0.717, 1.165) is 5.56 Å². The summed E-state index contributed by atoms with van der Waals surface area (Å²) in [7, 11) is 0.110. The minimum atomic E-state index is -3.05. The van der Waals surface area contributed by atoms with Gasteiger partial charge in [0.1, 0.15) is 18.5 Å². The molecule has 0 radical (unpaired) electrons. The monoisotopic (exact) mass is 435 g/mol.